The number of piperazine rings is 1. The van der Waals surface area contributed by atoms with Crippen molar-refractivity contribution in [2.45, 2.75) is 12.0 Å². The van der Waals surface area contributed by atoms with E-state index in [4.69, 9.17) is 11.6 Å². The molecule has 1 aromatic heterocycles. The van der Waals surface area contributed by atoms with E-state index < -0.39 is 23.7 Å². The van der Waals surface area contributed by atoms with Crippen molar-refractivity contribution in [3.63, 3.8) is 0 Å². The van der Waals surface area contributed by atoms with Gasteiger partial charge in [0, 0.05) is 42.2 Å². The van der Waals surface area contributed by atoms with Gasteiger partial charge in [-0.3, -0.25) is 4.79 Å². The number of nitrogens with zero attached hydrogens (tertiary/aromatic N) is 4. The maximum Gasteiger partial charge on any atom is 0.246 e. The molecule has 9 heteroatoms. The predicted octanol–water partition coefficient (Wildman–Crippen LogP) is 3.12. The maximum atomic E-state index is 15.4. The first-order valence-electron chi connectivity index (χ1n) is 9.43. The van der Waals surface area contributed by atoms with Crippen molar-refractivity contribution >= 4 is 34.2 Å². The fourth-order valence-corrected chi connectivity index (χ4v) is 4.19. The highest BCUT2D eigenvalue weighted by atomic mass is 35.5. The molecule has 2 atom stereocenters. The standard InChI is InChI=1S/C21H19ClF2N4O2/c1-2-16(30)27-6-8-28(9-7-27)21-12-10-13(22)17(19(24)20(12)25-11-26-21)18-14(23)4-3-5-15(18)29/h2-5,10-11,15,18,29H,1,6-9H2/t15?,18-/m1/s1. The zero-order valence-corrected chi connectivity index (χ0v) is 16.7. The molecular formula is C21H19ClF2N4O2. The number of aromatic nitrogens is 2. The van der Waals surface area contributed by atoms with E-state index in [0.29, 0.717) is 37.4 Å². The number of rotatable bonds is 3. The minimum atomic E-state index is -1.24. The van der Waals surface area contributed by atoms with Gasteiger partial charge in [0.1, 0.15) is 23.5 Å². The zero-order valence-electron chi connectivity index (χ0n) is 15.9. The molecule has 156 valence electrons. The van der Waals surface area contributed by atoms with Crippen molar-refractivity contribution in [3.8, 4) is 0 Å². The molecule has 2 aliphatic rings. The molecule has 1 amide bonds. The highest BCUT2D eigenvalue weighted by Gasteiger charge is 2.33. The Kier molecular flexibility index (Phi) is 5.53. The van der Waals surface area contributed by atoms with Gasteiger partial charge in [-0.15, -0.1) is 0 Å². The number of aliphatic hydroxyl groups excluding tert-OH is 1. The van der Waals surface area contributed by atoms with Crippen molar-refractivity contribution in [1.82, 2.24) is 14.9 Å². The molecule has 1 unspecified atom stereocenters. The number of fused-ring (bicyclic) bond motifs is 1. The summed E-state index contributed by atoms with van der Waals surface area (Å²) in [5.41, 5.74) is -0.139. The van der Waals surface area contributed by atoms with Gasteiger partial charge in [-0.25, -0.2) is 18.7 Å². The van der Waals surface area contributed by atoms with Crippen LogP contribution in [0.5, 0.6) is 0 Å². The van der Waals surface area contributed by atoms with E-state index in [1.165, 1.54) is 36.7 Å². The van der Waals surface area contributed by atoms with Gasteiger partial charge in [-0.1, -0.05) is 30.3 Å². The van der Waals surface area contributed by atoms with Gasteiger partial charge in [0.2, 0.25) is 5.91 Å². The van der Waals surface area contributed by atoms with E-state index in [-0.39, 0.29) is 22.0 Å². The van der Waals surface area contributed by atoms with Gasteiger partial charge in [0.05, 0.1) is 12.0 Å². The van der Waals surface area contributed by atoms with Crippen LogP contribution in [0.25, 0.3) is 10.9 Å². The largest absolute Gasteiger partial charge is 0.388 e. The van der Waals surface area contributed by atoms with Crippen LogP contribution in [0.2, 0.25) is 5.02 Å². The molecule has 2 heterocycles. The molecule has 0 spiro atoms. The number of carbonyl (C=O) groups excluding carboxylic acids is 1. The van der Waals surface area contributed by atoms with Crippen molar-refractivity contribution in [2.24, 2.45) is 0 Å². The summed E-state index contributed by atoms with van der Waals surface area (Å²) in [6, 6.07) is 1.50. The Morgan fingerprint density at radius 2 is 2.00 bits per heavy atom. The Morgan fingerprint density at radius 1 is 1.27 bits per heavy atom. The van der Waals surface area contributed by atoms with E-state index >= 15 is 4.39 Å². The highest BCUT2D eigenvalue weighted by molar-refractivity contribution is 6.32. The molecule has 1 N–H and O–H groups in total. The first-order chi connectivity index (χ1) is 14.4. The SMILES string of the molecule is C=CC(=O)N1CCN(c2ncnc3c(F)c([C@@H]4C(F)=CC=CC4O)c(Cl)cc23)CC1. The number of halogens is 3. The molecule has 1 fully saturated rings. The fraction of sp³-hybridized carbons (Fsp3) is 0.286. The topological polar surface area (TPSA) is 69.6 Å². The lowest BCUT2D eigenvalue weighted by atomic mass is 9.88. The third kappa shape index (κ3) is 3.46. The predicted molar refractivity (Wildman–Crippen MR) is 111 cm³/mol. The summed E-state index contributed by atoms with van der Waals surface area (Å²) in [7, 11) is 0. The molecule has 1 aliphatic carbocycles. The summed E-state index contributed by atoms with van der Waals surface area (Å²) in [6.45, 7) is 5.44. The number of anilines is 1. The van der Waals surface area contributed by atoms with Gasteiger partial charge in [0.15, 0.2) is 5.82 Å². The monoisotopic (exact) mass is 432 g/mol. The molecule has 2 aromatic rings. The molecule has 0 saturated carbocycles. The van der Waals surface area contributed by atoms with E-state index in [2.05, 4.69) is 16.5 Å². The van der Waals surface area contributed by atoms with Crippen LogP contribution in [0.1, 0.15) is 11.5 Å². The third-order valence-corrected chi connectivity index (χ3v) is 5.73. The maximum absolute atomic E-state index is 15.4. The summed E-state index contributed by atoms with van der Waals surface area (Å²) in [6.07, 6.45) is 5.20. The summed E-state index contributed by atoms with van der Waals surface area (Å²) in [4.78, 5) is 23.7. The summed E-state index contributed by atoms with van der Waals surface area (Å²) in [5.74, 6) is -2.36. The molecule has 0 radical (unpaired) electrons. The van der Waals surface area contributed by atoms with Crippen molar-refractivity contribution in [3.05, 3.63) is 65.5 Å². The molecule has 0 bridgehead atoms. The molecule has 4 rings (SSSR count). The van der Waals surface area contributed by atoms with Crippen LogP contribution in [0.3, 0.4) is 0 Å². The fourth-order valence-electron chi connectivity index (χ4n) is 3.88. The minimum absolute atomic E-state index is 0.00134. The number of allylic oxidation sites excluding steroid dienone is 2. The first-order valence-corrected chi connectivity index (χ1v) is 9.81. The highest BCUT2D eigenvalue weighted by Crippen LogP contribution is 2.41. The van der Waals surface area contributed by atoms with Gasteiger partial charge < -0.3 is 14.9 Å². The van der Waals surface area contributed by atoms with Crippen LogP contribution in [0, 0.1) is 5.82 Å². The Labute approximate surface area is 176 Å². The van der Waals surface area contributed by atoms with Gasteiger partial charge >= 0.3 is 0 Å². The summed E-state index contributed by atoms with van der Waals surface area (Å²) >= 11 is 6.36. The Hall–Kier alpha value is -2.84. The quantitative estimate of drug-likeness (QED) is 0.755. The smallest absolute Gasteiger partial charge is 0.246 e. The third-order valence-electron chi connectivity index (χ3n) is 5.41. The number of hydrogen-bond donors (Lipinski definition) is 1. The average molecular weight is 433 g/mol. The van der Waals surface area contributed by atoms with Crippen LogP contribution in [0.4, 0.5) is 14.6 Å². The molecule has 1 aromatic carbocycles. The second-order valence-electron chi connectivity index (χ2n) is 7.10. The van der Waals surface area contributed by atoms with Crippen LogP contribution < -0.4 is 4.90 Å². The van der Waals surface area contributed by atoms with Gasteiger partial charge in [-0.2, -0.15) is 0 Å². The lowest BCUT2D eigenvalue weighted by molar-refractivity contribution is -0.126. The number of benzene rings is 1. The average Bonchev–Trinajstić information content (AvgIpc) is 2.75. The molecule has 1 aliphatic heterocycles. The van der Waals surface area contributed by atoms with E-state index in [1.54, 1.807) is 4.90 Å². The van der Waals surface area contributed by atoms with Gasteiger partial charge in [0.25, 0.3) is 0 Å². The summed E-state index contributed by atoms with van der Waals surface area (Å²) in [5, 5.41) is 10.6. The lowest BCUT2D eigenvalue weighted by Gasteiger charge is -2.35. The Bertz CT molecular complexity index is 1080. The van der Waals surface area contributed by atoms with Crippen LogP contribution >= 0.6 is 11.6 Å². The van der Waals surface area contributed by atoms with Crippen molar-refractivity contribution < 1.29 is 18.7 Å². The number of amides is 1. The molecule has 30 heavy (non-hydrogen) atoms. The molecule has 6 nitrogen and oxygen atoms in total. The van der Waals surface area contributed by atoms with E-state index in [1.807, 2.05) is 4.90 Å². The van der Waals surface area contributed by atoms with Crippen molar-refractivity contribution in [1.29, 1.82) is 0 Å². The molecule has 1 saturated heterocycles. The van der Waals surface area contributed by atoms with Crippen LogP contribution in [-0.4, -0.2) is 58.2 Å². The van der Waals surface area contributed by atoms with E-state index in [0.717, 1.165) is 0 Å². The van der Waals surface area contributed by atoms with Crippen LogP contribution in [-0.2, 0) is 4.79 Å². The lowest BCUT2D eigenvalue weighted by Crippen LogP contribution is -2.48. The normalized spacial score (nSPS) is 21.7. The van der Waals surface area contributed by atoms with E-state index in [9.17, 15) is 14.3 Å². The second-order valence-corrected chi connectivity index (χ2v) is 7.51. The van der Waals surface area contributed by atoms with Crippen LogP contribution in [0.15, 0.2) is 49.1 Å². The zero-order chi connectivity index (χ0) is 21.4. The second kappa shape index (κ2) is 8.12. The summed E-state index contributed by atoms with van der Waals surface area (Å²) < 4.78 is 29.8. The Morgan fingerprint density at radius 3 is 2.67 bits per heavy atom. The van der Waals surface area contributed by atoms with Gasteiger partial charge in [-0.05, 0) is 18.2 Å². The minimum Gasteiger partial charge on any atom is -0.388 e. The number of aliphatic hydroxyl groups is 1. The van der Waals surface area contributed by atoms with Crippen molar-refractivity contribution in [2.75, 3.05) is 31.1 Å². The first kappa shape index (κ1) is 20.4. The molecular weight excluding hydrogens is 414 g/mol. The Balaban J connectivity index is 1.73. The number of carbonyl (C=O) groups is 1. The number of hydrogen-bond acceptors (Lipinski definition) is 5.